The van der Waals surface area contributed by atoms with Gasteiger partial charge in [-0.1, -0.05) is 0 Å². The molecular formula is C7H5O2Si. The van der Waals surface area contributed by atoms with E-state index in [9.17, 15) is 4.79 Å². The fourth-order valence-corrected chi connectivity index (χ4v) is 0.751. The number of carbonyl (C=O) groups is 1. The molecule has 0 aliphatic carbocycles. The first-order chi connectivity index (χ1) is 4.86. The van der Waals surface area contributed by atoms with Crippen LogP contribution in [0.25, 0.3) is 0 Å². The van der Waals surface area contributed by atoms with Gasteiger partial charge in [0.25, 0.3) is 0 Å². The molecule has 0 fully saturated rings. The number of aldehydes is 1. The maximum absolute atomic E-state index is 10.2. The lowest BCUT2D eigenvalue weighted by atomic mass is 10.2. The molecule has 3 radical (unpaired) electrons. The van der Waals surface area contributed by atoms with Gasteiger partial charge in [0.1, 0.15) is 12.0 Å². The molecule has 1 aromatic carbocycles. The lowest BCUT2D eigenvalue weighted by molar-refractivity contribution is 0.112. The van der Waals surface area contributed by atoms with Crippen LogP contribution in [0, 0.1) is 0 Å². The summed E-state index contributed by atoms with van der Waals surface area (Å²) >= 11 is 0. The van der Waals surface area contributed by atoms with E-state index in [1.54, 1.807) is 24.3 Å². The normalized spacial score (nSPS) is 8.90. The van der Waals surface area contributed by atoms with Gasteiger partial charge in [-0.25, -0.2) is 0 Å². The molecule has 0 atom stereocenters. The van der Waals surface area contributed by atoms with Crippen LogP contribution in [0.3, 0.4) is 0 Å². The summed E-state index contributed by atoms with van der Waals surface area (Å²) < 4.78 is 4.70. The van der Waals surface area contributed by atoms with Gasteiger partial charge in [-0.15, -0.1) is 0 Å². The van der Waals surface area contributed by atoms with E-state index in [0.29, 0.717) is 11.3 Å². The van der Waals surface area contributed by atoms with Crippen molar-refractivity contribution < 1.29 is 9.22 Å². The lowest BCUT2D eigenvalue weighted by Crippen LogP contribution is -1.85. The van der Waals surface area contributed by atoms with E-state index in [1.807, 2.05) is 0 Å². The van der Waals surface area contributed by atoms with E-state index in [-0.39, 0.29) is 0 Å². The second-order valence-electron chi connectivity index (χ2n) is 1.79. The van der Waals surface area contributed by atoms with E-state index in [2.05, 4.69) is 10.5 Å². The molecule has 0 amide bonds. The maximum Gasteiger partial charge on any atom is 0.341 e. The van der Waals surface area contributed by atoms with Gasteiger partial charge >= 0.3 is 10.5 Å². The third-order valence-electron chi connectivity index (χ3n) is 1.13. The van der Waals surface area contributed by atoms with Gasteiger partial charge in [-0.05, 0) is 24.3 Å². The summed E-state index contributed by atoms with van der Waals surface area (Å²) in [6.07, 6.45) is 0.789. The molecule has 0 aromatic heterocycles. The molecule has 0 N–H and O–H groups in total. The minimum Gasteiger partial charge on any atom is -0.540 e. The van der Waals surface area contributed by atoms with Gasteiger partial charge in [0.05, 0.1) is 0 Å². The molecule has 2 nitrogen and oxygen atoms in total. The fourth-order valence-electron chi connectivity index (χ4n) is 0.614. The van der Waals surface area contributed by atoms with Crippen LogP contribution >= 0.6 is 0 Å². The van der Waals surface area contributed by atoms with Crippen LogP contribution in [-0.4, -0.2) is 16.8 Å². The third-order valence-corrected chi connectivity index (χ3v) is 1.37. The zero-order valence-electron chi connectivity index (χ0n) is 5.20. The molecule has 3 heteroatoms. The number of benzene rings is 1. The van der Waals surface area contributed by atoms with Crippen molar-refractivity contribution in [2.24, 2.45) is 0 Å². The predicted molar refractivity (Wildman–Crippen MR) is 38.2 cm³/mol. The highest BCUT2D eigenvalue weighted by Gasteiger charge is 1.89. The van der Waals surface area contributed by atoms with Crippen LogP contribution in [0.4, 0.5) is 0 Å². The third kappa shape index (κ3) is 1.45. The van der Waals surface area contributed by atoms with Crippen molar-refractivity contribution in [3.8, 4) is 5.75 Å². The summed E-state index contributed by atoms with van der Waals surface area (Å²) in [5, 5.41) is 0. The molecule has 0 heterocycles. The molecule has 1 aromatic rings. The average molecular weight is 149 g/mol. The first kappa shape index (κ1) is 7.02. The van der Waals surface area contributed by atoms with E-state index < -0.39 is 0 Å². The van der Waals surface area contributed by atoms with Gasteiger partial charge in [0.2, 0.25) is 0 Å². The van der Waals surface area contributed by atoms with Crippen LogP contribution in [0.15, 0.2) is 24.3 Å². The zero-order valence-corrected chi connectivity index (χ0v) is 6.20. The number of rotatable bonds is 2. The minimum absolute atomic E-state index is 0.646. The van der Waals surface area contributed by atoms with Crippen molar-refractivity contribution in [2.45, 2.75) is 0 Å². The highest BCUT2D eigenvalue weighted by molar-refractivity contribution is 5.99. The Balaban J connectivity index is 2.90. The molecule has 0 bridgehead atoms. The zero-order chi connectivity index (χ0) is 7.40. The molecular weight excluding hydrogens is 144 g/mol. The molecule has 0 aliphatic rings. The predicted octanol–water partition coefficient (Wildman–Crippen LogP) is 0.961. The Morgan fingerprint density at radius 1 is 1.30 bits per heavy atom. The summed E-state index contributed by atoms with van der Waals surface area (Å²) in [4.78, 5) is 10.2. The Morgan fingerprint density at radius 3 is 2.30 bits per heavy atom. The number of hydrogen-bond acceptors (Lipinski definition) is 2. The van der Waals surface area contributed by atoms with Crippen LogP contribution < -0.4 is 4.43 Å². The molecule has 0 saturated heterocycles. The smallest absolute Gasteiger partial charge is 0.341 e. The molecule has 10 heavy (non-hydrogen) atoms. The first-order valence-corrected chi connectivity index (χ1v) is 3.16. The molecule has 49 valence electrons. The number of hydrogen-bond donors (Lipinski definition) is 0. The summed E-state index contributed by atoms with van der Waals surface area (Å²) in [5.74, 6) is 0.683. The standard InChI is InChI=1S/C7H5O2Si/c8-5-6-1-3-7(9-10)4-2-6/h1-5H. The Morgan fingerprint density at radius 2 is 1.90 bits per heavy atom. The minimum atomic E-state index is 0.646. The topological polar surface area (TPSA) is 26.3 Å². The lowest BCUT2D eigenvalue weighted by Gasteiger charge is -1.96. The van der Waals surface area contributed by atoms with E-state index >= 15 is 0 Å². The van der Waals surface area contributed by atoms with Crippen LogP contribution in [-0.2, 0) is 0 Å². The Labute approximate surface area is 62.4 Å². The first-order valence-electron chi connectivity index (χ1n) is 2.75. The van der Waals surface area contributed by atoms with Gasteiger partial charge in [0, 0.05) is 5.56 Å². The molecule has 1 rings (SSSR count). The molecule has 0 aliphatic heterocycles. The Bertz CT molecular complexity index is 218. The van der Waals surface area contributed by atoms with Gasteiger partial charge in [0.15, 0.2) is 0 Å². The Kier molecular flexibility index (Phi) is 2.23. The van der Waals surface area contributed by atoms with E-state index in [0.717, 1.165) is 6.29 Å². The number of carbonyl (C=O) groups excluding carboxylic acids is 1. The summed E-state index contributed by atoms with van der Waals surface area (Å²) in [6.45, 7) is 0. The molecule has 0 unspecified atom stereocenters. The molecule has 0 spiro atoms. The highest BCUT2D eigenvalue weighted by atomic mass is 28.2. The molecule has 0 saturated carbocycles. The average Bonchev–Trinajstić information content (AvgIpc) is 2.05. The van der Waals surface area contributed by atoms with Crippen molar-refractivity contribution in [3.63, 3.8) is 0 Å². The monoisotopic (exact) mass is 149 g/mol. The van der Waals surface area contributed by atoms with E-state index in [1.165, 1.54) is 0 Å². The van der Waals surface area contributed by atoms with Gasteiger partial charge in [-0.2, -0.15) is 0 Å². The van der Waals surface area contributed by atoms with Crippen molar-refractivity contribution in [2.75, 3.05) is 0 Å². The Hall–Kier alpha value is -1.09. The van der Waals surface area contributed by atoms with E-state index in [4.69, 9.17) is 4.43 Å². The van der Waals surface area contributed by atoms with Crippen molar-refractivity contribution in [1.29, 1.82) is 0 Å². The largest absolute Gasteiger partial charge is 0.540 e. The second-order valence-corrected chi connectivity index (χ2v) is 1.99. The second kappa shape index (κ2) is 3.17. The summed E-state index contributed by atoms with van der Waals surface area (Å²) in [6, 6.07) is 6.78. The van der Waals surface area contributed by atoms with Crippen LogP contribution in [0.5, 0.6) is 5.75 Å². The van der Waals surface area contributed by atoms with Gasteiger partial charge < -0.3 is 4.43 Å². The maximum atomic E-state index is 10.2. The SMILES string of the molecule is O=Cc1ccc(O[Si])cc1. The van der Waals surface area contributed by atoms with Crippen LogP contribution in [0.2, 0.25) is 0 Å². The summed E-state index contributed by atoms with van der Waals surface area (Å²) in [5.41, 5.74) is 0.646. The van der Waals surface area contributed by atoms with Crippen LogP contribution in [0.1, 0.15) is 10.4 Å². The van der Waals surface area contributed by atoms with Crippen molar-refractivity contribution in [1.82, 2.24) is 0 Å². The summed E-state index contributed by atoms with van der Waals surface area (Å²) in [7, 11) is 2.86. The van der Waals surface area contributed by atoms with Gasteiger partial charge in [-0.3, -0.25) is 4.79 Å². The van der Waals surface area contributed by atoms with Crippen molar-refractivity contribution >= 4 is 16.8 Å². The quantitative estimate of drug-likeness (QED) is 0.462. The highest BCUT2D eigenvalue weighted by Crippen LogP contribution is 2.08. The fraction of sp³-hybridized carbons (Fsp3) is 0. The van der Waals surface area contributed by atoms with Crippen molar-refractivity contribution in [3.05, 3.63) is 29.8 Å².